The smallest absolute Gasteiger partial charge is 0.191 e. The first-order valence-electron chi connectivity index (χ1n) is 9.60. The van der Waals surface area contributed by atoms with E-state index in [4.69, 9.17) is 9.47 Å². The van der Waals surface area contributed by atoms with E-state index in [9.17, 15) is 4.79 Å². The largest absolute Gasteiger partial charge is 0.497 e. The van der Waals surface area contributed by atoms with Gasteiger partial charge >= 0.3 is 0 Å². The lowest BCUT2D eigenvalue weighted by atomic mass is 10.1. The fraction of sp³-hybridized carbons (Fsp3) is 0.167. The summed E-state index contributed by atoms with van der Waals surface area (Å²) in [5.41, 5.74) is 4.82. The molecule has 0 atom stereocenters. The third-order valence-electron chi connectivity index (χ3n) is 5.05. The molecule has 2 aromatic carbocycles. The molecule has 152 valence electrons. The average Bonchev–Trinajstić information content (AvgIpc) is 3.25. The second kappa shape index (κ2) is 7.91. The van der Waals surface area contributed by atoms with Gasteiger partial charge in [0.15, 0.2) is 5.78 Å². The summed E-state index contributed by atoms with van der Waals surface area (Å²) in [6.07, 6.45) is 5.15. The number of aromatic nitrogens is 3. The maximum atomic E-state index is 13.2. The van der Waals surface area contributed by atoms with Crippen LogP contribution in [0.5, 0.6) is 11.5 Å². The van der Waals surface area contributed by atoms with Gasteiger partial charge in [-0.05, 0) is 42.8 Å². The lowest BCUT2D eigenvalue weighted by molar-refractivity contribution is 0.104. The number of imidazole rings is 1. The summed E-state index contributed by atoms with van der Waals surface area (Å²) < 4.78 is 14.5. The molecule has 0 N–H and O–H groups in total. The van der Waals surface area contributed by atoms with Gasteiger partial charge in [-0.2, -0.15) is 5.10 Å². The van der Waals surface area contributed by atoms with E-state index in [0.717, 1.165) is 22.2 Å². The van der Waals surface area contributed by atoms with E-state index in [-0.39, 0.29) is 5.78 Å². The van der Waals surface area contributed by atoms with E-state index in [1.165, 1.54) is 0 Å². The topological polar surface area (TPSA) is 57.8 Å². The first kappa shape index (κ1) is 19.5. The molecule has 0 unspecified atom stereocenters. The fourth-order valence-corrected chi connectivity index (χ4v) is 3.70. The number of hydrogen-bond acceptors (Lipinski definition) is 4. The fourth-order valence-electron chi connectivity index (χ4n) is 3.70. The van der Waals surface area contributed by atoms with Crippen LogP contribution in [-0.2, 0) is 6.54 Å². The molecule has 4 rings (SSSR count). The Morgan fingerprint density at radius 2 is 1.77 bits per heavy atom. The number of carbonyl (C=O) groups excluding carboxylic acids is 1. The lowest BCUT2D eigenvalue weighted by Crippen LogP contribution is -2.02. The molecule has 2 heterocycles. The van der Waals surface area contributed by atoms with Gasteiger partial charge in [0, 0.05) is 12.6 Å². The van der Waals surface area contributed by atoms with E-state index in [2.05, 4.69) is 16.2 Å². The number of para-hydroxylation sites is 2. The van der Waals surface area contributed by atoms with E-state index >= 15 is 0 Å². The van der Waals surface area contributed by atoms with Crippen molar-refractivity contribution in [3.05, 3.63) is 78.0 Å². The van der Waals surface area contributed by atoms with Gasteiger partial charge in [0.2, 0.25) is 0 Å². The van der Waals surface area contributed by atoms with E-state index < -0.39 is 0 Å². The molecule has 0 spiro atoms. The van der Waals surface area contributed by atoms with Crippen molar-refractivity contribution in [2.24, 2.45) is 0 Å². The lowest BCUT2D eigenvalue weighted by Gasteiger charge is -2.06. The normalized spacial score (nSPS) is 11.4. The summed E-state index contributed by atoms with van der Waals surface area (Å²) in [4.78, 5) is 13.2. The van der Waals surface area contributed by atoms with E-state index in [0.29, 0.717) is 29.3 Å². The zero-order valence-electron chi connectivity index (χ0n) is 17.3. The van der Waals surface area contributed by atoms with Gasteiger partial charge < -0.3 is 14.0 Å². The molecule has 0 saturated carbocycles. The van der Waals surface area contributed by atoms with Crippen molar-refractivity contribution in [3.63, 3.8) is 0 Å². The minimum absolute atomic E-state index is 0.114. The van der Waals surface area contributed by atoms with Crippen molar-refractivity contribution in [2.75, 3.05) is 14.2 Å². The number of fused-ring (bicyclic) bond motifs is 3. The zero-order valence-corrected chi connectivity index (χ0v) is 17.3. The summed E-state index contributed by atoms with van der Waals surface area (Å²) in [5.74, 6) is 1.21. The SMILES string of the molecule is C=CCn1c2ccccc2n2nc(C)c(C(=O)/C=C/c3cc(OC)cc(OC)c3)c12. The van der Waals surface area contributed by atoms with Crippen molar-refractivity contribution in [2.45, 2.75) is 13.5 Å². The van der Waals surface area contributed by atoms with Crippen LogP contribution in [0.25, 0.3) is 22.8 Å². The third-order valence-corrected chi connectivity index (χ3v) is 5.05. The number of aryl methyl sites for hydroxylation is 1. The number of allylic oxidation sites excluding steroid dienone is 2. The number of nitrogens with zero attached hydrogens (tertiary/aromatic N) is 3. The van der Waals surface area contributed by atoms with Gasteiger partial charge in [0.25, 0.3) is 0 Å². The standard InChI is InChI=1S/C24H23N3O3/c1-5-12-26-20-8-6-7-9-21(20)27-24(26)23(16(2)25-27)22(28)11-10-17-13-18(29-3)15-19(14-17)30-4/h5-11,13-15H,1,12H2,2-4H3/b11-10+. The molecular formula is C24H23N3O3. The molecule has 0 saturated heterocycles. The highest BCUT2D eigenvalue weighted by molar-refractivity contribution is 6.12. The zero-order chi connectivity index (χ0) is 21.3. The summed E-state index contributed by atoms with van der Waals surface area (Å²) in [6, 6.07) is 13.5. The third kappa shape index (κ3) is 3.26. The monoisotopic (exact) mass is 401 g/mol. The Hall–Kier alpha value is -3.80. The highest BCUT2D eigenvalue weighted by Gasteiger charge is 2.21. The average molecular weight is 401 g/mol. The van der Waals surface area contributed by atoms with E-state index in [1.807, 2.05) is 53.9 Å². The van der Waals surface area contributed by atoms with Crippen LogP contribution < -0.4 is 9.47 Å². The van der Waals surface area contributed by atoms with Crippen LogP contribution in [-0.4, -0.2) is 34.2 Å². The van der Waals surface area contributed by atoms with E-state index in [1.54, 1.807) is 32.4 Å². The quantitative estimate of drug-likeness (QED) is 0.256. The Kier molecular flexibility index (Phi) is 5.14. The van der Waals surface area contributed by atoms with Crippen molar-refractivity contribution in [1.82, 2.24) is 14.2 Å². The van der Waals surface area contributed by atoms with Crippen LogP contribution in [0.15, 0.2) is 61.2 Å². The van der Waals surface area contributed by atoms with Crippen molar-refractivity contribution < 1.29 is 14.3 Å². The van der Waals surface area contributed by atoms with Gasteiger partial charge in [-0.15, -0.1) is 6.58 Å². The molecule has 0 bridgehead atoms. The minimum Gasteiger partial charge on any atom is -0.497 e. The summed E-state index contributed by atoms with van der Waals surface area (Å²) in [6.45, 7) is 6.31. The van der Waals surface area contributed by atoms with Crippen LogP contribution in [0, 0.1) is 6.92 Å². The van der Waals surface area contributed by atoms with Crippen molar-refractivity contribution >= 4 is 28.5 Å². The van der Waals surface area contributed by atoms with Crippen LogP contribution in [0.2, 0.25) is 0 Å². The highest BCUT2D eigenvalue weighted by atomic mass is 16.5. The second-order valence-electron chi connectivity index (χ2n) is 6.93. The predicted molar refractivity (Wildman–Crippen MR) is 119 cm³/mol. The Labute approximate surface area is 174 Å². The number of hydrogen-bond donors (Lipinski definition) is 0. The van der Waals surface area contributed by atoms with Gasteiger partial charge in [0.1, 0.15) is 17.1 Å². The van der Waals surface area contributed by atoms with Crippen molar-refractivity contribution in [1.29, 1.82) is 0 Å². The van der Waals surface area contributed by atoms with Gasteiger partial charge in [-0.1, -0.05) is 24.3 Å². The molecule has 6 heteroatoms. The Morgan fingerprint density at radius 3 is 2.40 bits per heavy atom. The minimum atomic E-state index is -0.114. The van der Waals surface area contributed by atoms with Crippen LogP contribution in [0.1, 0.15) is 21.6 Å². The van der Waals surface area contributed by atoms with Gasteiger partial charge in [-0.25, -0.2) is 4.52 Å². The number of ether oxygens (including phenoxy) is 2. The Balaban J connectivity index is 1.81. The Bertz CT molecular complexity index is 1270. The molecule has 0 fully saturated rings. The molecule has 0 aliphatic heterocycles. The first-order valence-corrected chi connectivity index (χ1v) is 9.60. The van der Waals surface area contributed by atoms with Crippen molar-refractivity contribution in [3.8, 4) is 11.5 Å². The number of carbonyl (C=O) groups is 1. The molecule has 0 aliphatic rings. The molecule has 4 aromatic rings. The number of ketones is 1. The molecule has 0 radical (unpaired) electrons. The number of methoxy groups -OCH3 is 2. The highest BCUT2D eigenvalue weighted by Crippen LogP contribution is 2.27. The Morgan fingerprint density at radius 1 is 1.10 bits per heavy atom. The summed E-state index contributed by atoms with van der Waals surface area (Å²) in [7, 11) is 3.19. The van der Waals surface area contributed by atoms with Gasteiger partial charge in [0.05, 0.1) is 36.5 Å². The molecular weight excluding hydrogens is 378 g/mol. The number of benzene rings is 2. The molecule has 2 aromatic heterocycles. The van der Waals surface area contributed by atoms with Crippen LogP contribution in [0.3, 0.4) is 0 Å². The molecule has 0 amide bonds. The predicted octanol–water partition coefficient (Wildman–Crippen LogP) is 4.70. The van der Waals surface area contributed by atoms with Crippen LogP contribution >= 0.6 is 0 Å². The maximum Gasteiger partial charge on any atom is 0.191 e. The first-order chi connectivity index (χ1) is 14.6. The van der Waals surface area contributed by atoms with Crippen LogP contribution in [0.4, 0.5) is 0 Å². The molecule has 6 nitrogen and oxygen atoms in total. The summed E-state index contributed by atoms with van der Waals surface area (Å²) in [5, 5.41) is 4.64. The maximum absolute atomic E-state index is 13.2. The summed E-state index contributed by atoms with van der Waals surface area (Å²) >= 11 is 0. The molecule has 0 aliphatic carbocycles. The molecule has 30 heavy (non-hydrogen) atoms. The number of rotatable bonds is 7. The second-order valence-corrected chi connectivity index (χ2v) is 6.93. The van der Waals surface area contributed by atoms with Gasteiger partial charge in [-0.3, -0.25) is 4.79 Å².